The molecule has 0 aromatic heterocycles. The number of nitrogens with one attached hydrogen (secondary N) is 2. The molecular weight excluding hydrogens is 176 g/mol. The van der Waals surface area contributed by atoms with Crippen molar-refractivity contribution in [2.24, 2.45) is 0 Å². The van der Waals surface area contributed by atoms with Gasteiger partial charge in [0.1, 0.15) is 0 Å². The van der Waals surface area contributed by atoms with Gasteiger partial charge in [-0.3, -0.25) is 0 Å². The van der Waals surface area contributed by atoms with Crippen molar-refractivity contribution in [3.8, 4) is 0 Å². The van der Waals surface area contributed by atoms with E-state index in [4.69, 9.17) is 4.74 Å². The van der Waals surface area contributed by atoms with E-state index in [1.165, 1.54) is 38.6 Å². The number of hydrogen-bond donors (Lipinski definition) is 2. The quantitative estimate of drug-likeness (QED) is 0.605. The molecule has 1 aliphatic rings. The third kappa shape index (κ3) is 5.58. The third-order valence-electron chi connectivity index (χ3n) is 2.68. The molecule has 0 spiro atoms. The molecule has 1 unspecified atom stereocenters. The van der Waals surface area contributed by atoms with Gasteiger partial charge in [0.25, 0.3) is 0 Å². The highest BCUT2D eigenvalue weighted by Crippen LogP contribution is 2.07. The van der Waals surface area contributed by atoms with Crippen LogP contribution in [-0.4, -0.2) is 39.4 Å². The average Bonchev–Trinajstić information content (AvgIpc) is 2.25. The lowest BCUT2D eigenvalue weighted by Gasteiger charge is -2.22. The Kier molecular flexibility index (Phi) is 7.01. The Hall–Kier alpha value is -0.120. The van der Waals surface area contributed by atoms with Crippen molar-refractivity contribution in [2.75, 3.05) is 33.3 Å². The average molecular weight is 200 g/mol. The Morgan fingerprint density at radius 3 is 3.00 bits per heavy atom. The van der Waals surface area contributed by atoms with E-state index in [0.717, 1.165) is 19.7 Å². The fraction of sp³-hybridized carbons (Fsp3) is 1.00. The van der Waals surface area contributed by atoms with Gasteiger partial charge in [-0.1, -0.05) is 0 Å². The topological polar surface area (TPSA) is 33.3 Å². The van der Waals surface area contributed by atoms with E-state index < -0.39 is 0 Å². The Morgan fingerprint density at radius 2 is 2.29 bits per heavy atom. The van der Waals surface area contributed by atoms with Crippen LogP contribution in [-0.2, 0) is 4.74 Å². The van der Waals surface area contributed by atoms with Crippen molar-refractivity contribution in [1.82, 2.24) is 10.6 Å². The van der Waals surface area contributed by atoms with Gasteiger partial charge in [0.15, 0.2) is 0 Å². The summed E-state index contributed by atoms with van der Waals surface area (Å²) in [5.41, 5.74) is 0. The standard InChI is InChI=1S/C11H24N2O/c1-12-7-3-2-4-9-14-11-6-5-8-13-10-11/h11-13H,2-10H2,1H3. The normalized spacial score (nSPS) is 22.5. The summed E-state index contributed by atoms with van der Waals surface area (Å²) < 4.78 is 5.78. The summed E-state index contributed by atoms with van der Waals surface area (Å²) in [7, 11) is 2.00. The van der Waals surface area contributed by atoms with Gasteiger partial charge in [0.05, 0.1) is 6.10 Å². The minimum atomic E-state index is 0.480. The maximum atomic E-state index is 5.78. The SMILES string of the molecule is CNCCCCCOC1CCCNC1. The zero-order chi connectivity index (χ0) is 10.1. The van der Waals surface area contributed by atoms with Crippen molar-refractivity contribution in [2.45, 2.75) is 38.2 Å². The lowest BCUT2D eigenvalue weighted by molar-refractivity contribution is 0.0348. The molecule has 0 amide bonds. The molecule has 0 saturated carbocycles. The zero-order valence-corrected chi connectivity index (χ0v) is 9.35. The van der Waals surface area contributed by atoms with Crippen LogP contribution in [0.25, 0.3) is 0 Å². The molecule has 0 aliphatic carbocycles. The summed E-state index contributed by atoms with van der Waals surface area (Å²) >= 11 is 0. The fourth-order valence-electron chi connectivity index (χ4n) is 1.79. The van der Waals surface area contributed by atoms with E-state index in [2.05, 4.69) is 10.6 Å². The van der Waals surface area contributed by atoms with E-state index in [0.29, 0.717) is 6.10 Å². The third-order valence-corrected chi connectivity index (χ3v) is 2.68. The van der Waals surface area contributed by atoms with Crippen molar-refractivity contribution in [3.05, 3.63) is 0 Å². The summed E-state index contributed by atoms with van der Waals surface area (Å²) in [5.74, 6) is 0. The highest BCUT2D eigenvalue weighted by Gasteiger charge is 2.12. The molecule has 3 nitrogen and oxygen atoms in total. The molecule has 2 N–H and O–H groups in total. The molecule has 1 atom stereocenters. The van der Waals surface area contributed by atoms with Crippen molar-refractivity contribution in [3.63, 3.8) is 0 Å². The number of piperidine rings is 1. The van der Waals surface area contributed by atoms with Crippen molar-refractivity contribution < 1.29 is 4.74 Å². The molecule has 0 radical (unpaired) electrons. The lowest BCUT2D eigenvalue weighted by atomic mass is 10.1. The summed E-state index contributed by atoms with van der Waals surface area (Å²) in [6, 6.07) is 0. The number of ether oxygens (including phenoxy) is 1. The molecular formula is C11H24N2O. The van der Waals surface area contributed by atoms with Crippen LogP contribution in [0.1, 0.15) is 32.1 Å². The van der Waals surface area contributed by atoms with E-state index >= 15 is 0 Å². The predicted octanol–water partition coefficient (Wildman–Crippen LogP) is 1.14. The molecule has 0 bridgehead atoms. The first-order chi connectivity index (χ1) is 6.93. The Labute approximate surface area is 87.6 Å². The second-order valence-corrected chi connectivity index (χ2v) is 4.00. The van der Waals surface area contributed by atoms with Gasteiger partial charge in [-0.15, -0.1) is 0 Å². The highest BCUT2D eigenvalue weighted by atomic mass is 16.5. The molecule has 1 aliphatic heterocycles. The van der Waals surface area contributed by atoms with Gasteiger partial charge < -0.3 is 15.4 Å². The van der Waals surface area contributed by atoms with Gasteiger partial charge in [-0.2, -0.15) is 0 Å². The van der Waals surface area contributed by atoms with Gasteiger partial charge in [-0.25, -0.2) is 0 Å². The maximum Gasteiger partial charge on any atom is 0.0699 e. The summed E-state index contributed by atoms with van der Waals surface area (Å²) in [4.78, 5) is 0. The molecule has 1 fully saturated rings. The van der Waals surface area contributed by atoms with E-state index in [9.17, 15) is 0 Å². The van der Waals surface area contributed by atoms with Crippen LogP contribution in [0.4, 0.5) is 0 Å². The summed E-state index contributed by atoms with van der Waals surface area (Å²) in [6.07, 6.45) is 6.74. The molecule has 0 aromatic rings. The maximum absolute atomic E-state index is 5.78. The summed E-state index contributed by atoms with van der Waals surface area (Å²) in [6.45, 7) is 4.29. The van der Waals surface area contributed by atoms with Gasteiger partial charge >= 0.3 is 0 Å². The van der Waals surface area contributed by atoms with E-state index in [-0.39, 0.29) is 0 Å². The molecule has 3 heteroatoms. The lowest BCUT2D eigenvalue weighted by Crippen LogP contribution is -2.35. The predicted molar refractivity (Wildman–Crippen MR) is 59.6 cm³/mol. The van der Waals surface area contributed by atoms with Gasteiger partial charge in [0.2, 0.25) is 0 Å². The monoisotopic (exact) mass is 200 g/mol. The van der Waals surface area contributed by atoms with Gasteiger partial charge in [-0.05, 0) is 52.2 Å². The molecule has 14 heavy (non-hydrogen) atoms. The first-order valence-corrected chi connectivity index (χ1v) is 5.90. The first kappa shape index (κ1) is 12.0. The van der Waals surface area contributed by atoms with Crippen LogP contribution in [0.15, 0.2) is 0 Å². The Morgan fingerprint density at radius 1 is 1.36 bits per heavy atom. The number of rotatable bonds is 7. The molecule has 1 heterocycles. The van der Waals surface area contributed by atoms with Gasteiger partial charge in [0, 0.05) is 13.2 Å². The second kappa shape index (κ2) is 8.21. The Bertz CT molecular complexity index is 124. The number of unbranched alkanes of at least 4 members (excludes halogenated alkanes) is 2. The smallest absolute Gasteiger partial charge is 0.0699 e. The molecule has 1 rings (SSSR count). The van der Waals surface area contributed by atoms with Crippen LogP contribution in [0.3, 0.4) is 0 Å². The van der Waals surface area contributed by atoms with E-state index in [1.54, 1.807) is 0 Å². The summed E-state index contributed by atoms with van der Waals surface area (Å²) in [5, 5.41) is 6.52. The zero-order valence-electron chi connectivity index (χ0n) is 9.35. The molecule has 0 aromatic carbocycles. The van der Waals surface area contributed by atoms with Crippen LogP contribution in [0, 0.1) is 0 Å². The van der Waals surface area contributed by atoms with Crippen LogP contribution in [0.2, 0.25) is 0 Å². The fourth-order valence-corrected chi connectivity index (χ4v) is 1.79. The highest BCUT2D eigenvalue weighted by molar-refractivity contribution is 4.68. The minimum absolute atomic E-state index is 0.480. The van der Waals surface area contributed by atoms with Crippen LogP contribution >= 0.6 is 0 Å². The van der Waals surface area contributed by atoms with Crippen molar-refractivity contribution >= 4 is 0 Å². The van der Waals surface area contributed by atoms with E-state index in [1.807, 2.05) is 7.05 Å². The first-order valence-electron chi connectivity index (χ1n) is 5.90. The van der Waals surface area contributed by atoms with Crippen molar-refractivity contribution in [1.29, 1.82) is 0 Å². The van der Waals surface area contributed by atoms with Crippen LogP contribution < -0.4 is 10.6 Å². The Balaban J connectivity index is 1.82. The van der Waals surface area contributed by atoms with Crippen LogP contribution in [0.5, 0.6) is 0 Å². The molecule has 84 valence electrons. The number of hydrogen-bond acceptors (Lipinski definition) is 3. The largest absolute Gasteiger partial charge is 0.377 e. The molecule has 1 saturated heterocycles. The second-order valence-electron chi connectivity index (χ2n) is 4.00. The minimum Gasteiger partial charge on any atom is -0.377 e.